The summed E-state index contributed by atoms with van der Waals surface area (Å²) in [6.45, 7) is -0.260. The first-order valence-corrected chi connectivity index (χ1v) is 5.42. The van der Waals surface area contributed by atoms with Gasteiger partial charge < -0.3 is 20.1 Å². The van der Waals surface area contributed by atoms with Gasteiger partial charge in [0.15, 0.2) is 0 Å². The van der Waals surface area contributed by atoms with Crippen LogP contribution in [0.4, 0.5) is 0 Å². The van der Waals surface area contributed by atoms with Crippen LogP contribution in [0, 0.1) is 0 Å². The van der Waals surface area contributed by atoms with Crippen molar-refractivity contribution in [2.45, 2.75) is 18.6 Å². The highest BCUT2D eigenvalue weighted by Gasteiger charge is 2.31. The smallest absolute Gasteiger partial charge is 0.346 e. The average Bonchev–Trinajstić information content (AvgIpc) is 2.64. The van der Waals surface area contributed by atoms with Crippen molar-refractivity contribution in [1.29, 1.82) is 0 Å². The normalized spacial score (nSPS) is 17.3. The zero-order valence-corrected chi connectivity index (χ0v) is 9.37. The number of carbonyl (C=O) groups is 2. The minimum atomic E-state index is -1.23. The molecule has 1 aliphatic rings. The molecule has 0 spiro atoms. The Kier molecular flexibility index (Phi) is 3.42. The van der Waals surface area contributed by atoms with Gasteiger partial charge in [-0.1, -0.05) is 6.07 Å². The third kappa shape index (κ3) is 2.13. The number of aliphatic hydroxyl groups excluding tert-OH is 3. The summed E-state index contributed by atoms with van der Waals surface area (Å²) in [6.07, 6.45) is -2.35. The number of hydrogen-bond donors (Lipinski definition) is 3. The van der Waals surface area contributed by atoms with Gasteiger partial charge in [-0.25, -0.2) is 9.59 Å². The first-order chi connectivity index (χ1) is 8.54. The highest BCUT2D eigenvalue weighted by atomic mass is 16.6. The van der Waals surface area contributed by atoms with E-state index in [0.29, 0.717) is 5.56 Å². The van der Waals surface area contributed by atoms with Gasteiger partial charge in [0, 0.05) is 6.61 Å². The Bertz CT molecular complexity index is 495. The van der Waals surface area contributed by atoms with Gasteiger partial charge in [0.2, 0.25) is 0 Å². The van der Waals surface area contributed by atoms with E-state index in [-0.39, 0.29) is 24.2 Å². The van der Waals surface area contributed by atoms with Gasteiger partial charge in [-0.15, -0.1) is 0 Å². The molecule has 1 aliphatic heterocycles. The van der Waals surface area contributed by atoms with E-state index in [1.165, 1.54) is 18.2 Å². The van der Waals surface area contributed by atoms with Crippen molar-refractivity contribution in [3.63, 3.8) is 0 Å². The summed E-state index contributed by atoms with van der Waals surface area (Å²) in [7, 11) is 0. The molecule has 1 aromatic rings. The van der Waals surface area contributed by atoms with E-state index in [2.05, 4.69) is 4.74 Å². The molecule has 0 aliphatic carbocycles. The number of fused-ring (bicyclic) bond motifs is 1. The van der Waals surface area contributed by atoms with Crippen LogP contribution in [0.15, 0.2) is 18.2 Å². The minimum Gasteiger partial charge on any atom is -0.396 e. The molecule has 18 heavy (non-hydrogen) atoms. The van der Waals surface area contributed by atoms with Gasteiger partial charge >= 0.3 is 11.9 Å². The number of benzene rings is 1. The molecule has 0 fully saturated rings. The van der Waals surface area contributed by atoms with E-state index in [0.717, 1.165) is 0 Å². The van der Waals surface area contributed by atoms with Gasteiger partial charge in [-0.3, -0.25) is 0 Å². The van der Waals surface area contributed by atoms with Crippen molar-refractivity contribution >= 4 is 11.9 Å². The molecule has 0 saturated heterocycles. The molecule has 1 aromatic carbocycles. The Morgan fingerprint density at radius 3 is 2.44 bits per heavy atom. The molecule has 3 N–H and O–H groups in total. The van der Waals surface area contributed by atoms with Crippen LogP contribution >= 0.6 is 0 Å². The van der Waals surface area contributed by atoms with Gasteiger partial charge in [0.25, 0.3) is 0 Å². The molecule has 2 rings (SSSR count). The molecular weight excluding hydrogens is 240 g/mol. The largest absolute Gasteiger partial charge is 0.396 e. The van der Waals surface area contributed by atoms with Crippen LogP contribution in [0.3, 0.4) is 0 Å². The third-order valence-corrected chi connectivity index (χ3v) is 2.80. The number of hydrogen-bond acceptors (Lipinski definition) is 6. The third-order valence-electron chi connectivity index (χ3n) is 2.80. The Morgan fingerprint density at radius 2 is 1.78 bits per heavy atom. The van der Waals surface area contributed by atoms with Crippen molar-refractivity contribution in [3.05, 3.63) is 34.9 Å². The van der Waals surface area contributed by atoms with E-state index >= 15 is 0 Å². The first-order valence-electron chi connectivity index (χ1n) is 5.42. The van der Waals surface area contributed by atoms with Gasteiger partial charge in [0.1, 0.15) is 6.10 Å². The lowest BCUT2D eigenvalue weighted by atomic mass is 9.98. The molecule has 96 valence electrons. The molecule has 0 aromatic heterocycles. The Hall–Kier alpha value is -1.76. The van der Waals surface area contributed by atoms with E-state index in [9.17, 15) is 19.8 Å². The second-order valence-electron chi connectivity index (χ2n) is 4.01. The van der Waals surface area contributed by atoms with Crippen molar-refractivity contribution < 1.29 is 29.6 Å². The van der Waals surface area contributed by atoms with Crippen molar-refractivity contribution in [2.24, 2.45) is 0 Å². The van der Waals surface area contributed by atoms with Crippen LogP contribution in [-0.4, -0.2) is 40.0 Å². The molecule has 0 radical (unpaired) electrons. The number of ether oxygens (including phenoxy) is 1. The van der Waals surface area contributed by atoms with Gasteiger partial charge in [0.05, 0.1) is 17.2 Å². The maximum atomic E-state index is 11.3. The quantitative estimate of drug-likeness (QED) is 0.505. The van der Waals surface area contributed by atoms with Crippen LogP contribution in [0.25, 0.3) is 0 Å². The molecule has 0 amide bonds. The number of cyclic esters (lactones) is 2. The highest BCUT2D eigenvalue weighted by Crippen LogP contribution is 2.26. The summed E-state index contributed by atoms with van der Waals surface area (Å²) in [5.74, 6) is -1.48. The van der Waals surface area contributed by atoms with Crippen LogP contribution < -0.4 is 0 Å². The molecule has 2 unspecified atom stereocenters. The van der Waals surface area contributed by atoms with Crippen LogP contribution in [0.2, 0.25) is 0 Å². The van der Waals surface area contributed by atoms with Crippen LogP contribution in [0.1, 0.15) is 38.8 Å². The molecular formula is C12H12O6. The molecule has 6 heteroatoms. The summed E-state index contributed by atoms with van der Waals surface area (Å²) >= 11 is 0. The predicted octanol–water partition coefficient (Wildman–Crippen LogP) is -0.226. The Balaban J connectivity index is 2.29. The summed E-state index contributed by atoms with van der Waals surface area (Å²) in [5, 5.41) is 28.0. The second kappa shape index (κ2) is 4.85. The molecule has 0 saturated carbocycles. The van der Waals surface area contributed by atoms with Gasteiger partial charge in [-0.2, -0.15) is 0 Å². The van der Waals surface area contributed by atoms with Crippen molar-refractivity contribution in [1.82, 2.24) is 0 Å². The zero-order valence-electron chi connectivity index (χ0n) is 9.37. The zero-order chi connectivity index (χ0) is 13.3. The molecule has 0 bridgehead atoms. The number of rotatable bonds is 4. The summed E-state index contributed by atoms with van der Waals surface area (Å²) in [5.41, 5.74) is 0.515. The van der Waals surface area contributed by atoms with Crippen LogP contribution in [-0.2, 0) is 4.74 Å². The summed E-state index contributed by atoms with van der Waals surface area (Å²) in [6, 6.07) is 4.12. The van der Waals surface area contributed by atoms with E-state index in [1.807, 2.05) is 0 Å². The maximum Gasteiger partial charge on any atom is 0.346 e. The Morgan fingerprint density at radius 1 is 1.11 bits per heavy atom. The van der Waals surface area contributed by atoms with Gasteiger partial charge in [-0.05, 0) is 24.1 Å². The lowest BCUT2D eigenvalue weighted by Crippen LogP contribution is -2.19. The summed E-state index contributed by atoms with van der Waals surface area (Å²) < 4.78 is 4.41. The SMILES string of the molecule is O=C1OC(=O)c2cc(C(O)C(O)CCO)ccc21. The standard InChI is InChI=1S/C12H12O6/c13-4-3-9(14)10(15)6-1-2-7-8(5-6)12(17)18-11(7)16/h1-2,5,9-10,13-15H,3-4H2. The summed E-state index contributed by atoms with van der Waals surface area (Å²) in [4.78, 5) is 22.5. The monoisotopic (exact) mass is 252 g/mol. The first kappa shape index (κ1) is 12.7. The van der Waals surface area contributed by atoms with E-state index in [1.54, 1.807) is 0 Å². The van der Waals surface area contributed by atoms with Crippen molar-refractivity contribution in [2.75, 3.05) is 6.61 Å². The fourth-order valence-electron chi connectivity index (χ4n) is 1.80. The minimum absolute atomic E-state index is 0.0155. The molecule has 6 nitrogen and oxygen atoms in total. The maximum absolute atomic E-state index is 11.3. The second-order valence-corrected chi connectivity index (χ2v) is 4.01. The van der Waals surface area contributed by atoms with E-state index < -0.39 is 24.1 Å². The number of carbonyl (C=O) groups excluding carboxylic acids is 2. The predicted molar refractivity (Wildman–Crippen MR) is 58.9 cm³/mol. The van der Waals surface area contributed by atoms with E-state index in [4.69, 9.17) is 5.11 Å². The van der Waals surface area contributed by atoms with Crippen molar-refractivity contribution in [3.8, 4) is 0 Å². The lowest BCUT2D eigenvalue weighted by Gasteiger charge is -2.17. The Labute approximate surface area is 102 Å². The topological polar surface area (TPSA) is 104 Å². The average molecular weight is 252 g/mol. The molecule has 1 heterocycles. The lowest BCUT2D eigenvalue weighted by molar-refractivity contribution is 0.00417. The fraction of sp³-hybridized carbons (Fsp3) is 0.333. The fourth-order valence-corrected chi connectivity index (χ4v) is 1.80. The molecule has 2 atom stereocenters. The number of esters is 2. The highest BCUT2D eigenvalue weighted by molar-refractivity contribution is 6.14. The van der Waals surface area contributed by atoms with Crippen LogP contribution in [0.5, 0.6) is 0 Å². The number of aliphatic hydroxyl groups is 3.